The van der Waals surface area contributed by atoms with E-state index in [1.807, 2.05) is 0 Å². The van der Waals surface area contributed by atoms with Crippen LogP contribution >= 0.6 is 27.5 Å². The van der Waals surface area contributed by atoms with Crippen LogP contribution in [0.5, 0.6) is 11.8 Å². The molecule has 4 rings (SSSR count). The molecule has 0 spiro atoms. The number of nitrogens with zero attached hydrogens (tertiary/aromatic N) is 1. The molecule has 6 heteroatoms. The van der Waals surface area contributed by atoms with Gasteiger partial charge < -0.3 is 14.9 Å². The van der Waals surface area contributed by atoms with Gasteiger partial charge in [0.05, 0.1) is 34.0 Å². The van der Waals surface area contributed by atoms with Crippen LogP contribution in [0.4, 0.5) is 0 Å². The van der Waals surface area contributed by atoms with Crippen molar-refractivity contribution in [2.45, 2.75) is 25.0 Å². The molecule has 2 aromatic rings. The Morgan fingerprint density at radius 3 is 2.30 bits per heavy atom. The van der Waals surface area contributed by atoms with Crippen LogP contribution in [0.15, 0.2) is 22.7 Å². The fraction of sp³-hybridized carbons (Fsp3) is 0.286. The normalized spacial score (nSPS) is 23.3. The van der Waals surface area contributed by atoms with E-state index >= 15 is 0 Å². The maximum absolute atomic E-state index is 10.4. The van der Waals surface area contributed by atoms with Gasteiger partial charge in [-0.3, -0.25) is 4.57 Å². The Bertz CT molecular complexity index is 694. The largest absolute Gasteiger partial charge is 0.494 e. The summed E-state index contributed by atoms with van der Waals surface area (Å²) >= 11 is 9.41. The summed E-state index contributed by atoms with van der Waals surface area (Å²) in [6.45, 7) is 0. The van der Waals surface area contributed by atoms with Crippen LogP contribution in [-0.2, 0) is 4.74 Å². The standard InChI is InChI=1S/C14H11BrClNO3/c15-7-2-1-6(5-8(7)16)17-13(18)11-9-3-4-10(20-9)12(11)14(17)19/h1-2,5,9-10,18-19H,3-4H2/t9-,10+. The zero-order valence-electron chi connectivity index (χ0n) is 10.3. The van der Waals surface area contributed by atoms with E-state index in [0.717, 1.165) is 28.4 Å². The monoisotopic (exact) mass is 355 g/mol. The Hall–Kier alpha value is -1.17. The van der Waals surface area contributed by atoms with Gasteiger partial charge in [-0.25, -0.2) is 0 Å². The molecule has 1 saturated heterocycles. The van der Waals surface area contributed by atoms with Crippen molar-refractivity contribution in [1.29, 1.82) is 0 Å². The zero-order valence-corrected chi connectivity index (χ0v) is 12.6. The van der Waals surface area contributed by atoms with Crippen molar-refractivity contribution in [2.24, 2.45) is 0 Å². The average Bonchev–Trinajstić information content (AvgIpc) is 3.08. The van der Waals surface area contributed by atoms with E-state index in [4.69, 9.17) is 16.3 Å². The number of aromatic hydroxyl groups is 2. The lowest BCUT2D eigenvalue weighted by Crippen LogP contribution is -1.96. The molecule has 2 N–H and O–H groups in total. The van der Waals surface area contributed by atoms with Crippen molar-refractivity contribution in [3.05, 3.63) is 38.8 Å². The number of fused-ring (bicyclic) bond motifs is 5. The number of benzene rings is 1. The highest BCUT2D eigenvalue weighted by atomic mass is 79.9. The Balaban J connectivity index is 1.94. The zero-order chi connectivity index (χ0) is 14.0. The number of rotatable bonds is 1. The Kier molecular flexibility index (Phi) is 2.61. The Morgan fingerprint density at radius 2 is 1.75 bits per heavy atom. The molecular weight excluding hydrogens is 346 g/mol. The van der Waals surface area contributed by atoms with Gasteiger partial charge in [-0.05, 0) is 47.0 Å². The van der Waals surface area contributed by atoms with E-state index in [1.165, 1.54) is 4.57 Å². The van der Waals surface area contributed by atoms with Gasteiger partial charge in [0.2, 0.25) is 11.8 Å². The van der Waals surface area contributed by atoms with E-state index in [1.54, 1.807) is 18.2 Å². The summed E-state index contributed by atoms with van der Waals surface area (Å²) in [7, 11) is 0. The first-order valence-electron chi connectivity index (χ1n) is 6.35. The van der Waals surface area contributed by atoms with Crippen molar-refractivity contribution in [3.8, 4) is 17.4 Å². The molecule has 1 aromatic heterocycles. The highest BCUT2D eigenvalue weighted by Crippen LogP contribution is 2.58. The molecule has 4 nitrogen and oxygen atoms in total. The van der Waals surface area contributed by atoms with Crippen LogP contribution in [0.3, 0.4) is 0 Å². The average molecular weight is 357 g/mol. The summed E-state index contributed by atoms with van der Waals surface area (Å²) in [5, 5.41) is 21.4. The summed E-state index contributed by atoms with van der Waals surface area (Å²) in [5.41, 5.74) is 2.07. The molecule has 2 bridgehead atoms. The van der Waals surface area contributed by atoms with Gasteiger partial charge in [0, 0.05) is 4.47 Å². The molecule has 0 aliphatic carbocycles. The predicted molar refractivity (Wildman–Crippen MR) is 77.6 cm³/mol. The Morgan fingerprint density at radius 1 is 1.15 bits per heavy atom. The maximum atomic E-state index is 10.4. The van der Waals surface area contributed by atoms with Crippen LogP contribution in [0, 0.1) is 0 Å². The van der Waals surface area contributed by atoms with E-state index < -0.39 is 0 Å². The number of ether oxygens (including phenoxy) is 1. The first kappa shape index (κ1) is 12.6. The van der Waals surface area contributed by atoms with Gasteiger partial charge in [0.15, 0.2) is 0 Å². The molecule has 0 amide bonds. The lowest BCUT2D eigenvalue weighted by Gasteiger charge is -2.11. The number of halogens is 2. The summed E-state index contributed by atoms with van der Waals surface area (Å²) in [6.07, 6.45) is 1.56. The van der Waals surface area contributed by atoms with Crippen molar-refractivity contribution < 1.29 is 14.9 Å². The SMILES string of the molecule is Oc1c2c(c(O)n1-c1ccc(Br)c(Cl)c1)[C@H]1CC[C@@H]2O1. The van der Waals surface area contributed by atoms with Gasteiger partial charge in [0.25, 0.3) is 0 Å². The molecule has 1 aromatic carbocycles. The van der Waals surface area contributed by atoms with E-state index in [-0.39, 0.29) is 24.0 Å². The second-order valence-corrected chi connectivity index (χ2v) is 6.36. The van der Waals surface area contributed by atoms with Gasteiger partial charge >= 0.3 is 0 Å². The van der Waals surface area contributed by atoms with Crippen LogP contribution < -0.4 is 0 Å². The number of aromatic nitrogens is 1. The number of hydrogen-bond acceptors (Lipinski definition) is 3. The molecule has 2 aliphatic heterocycles. The summed E-state index contributed by atoms with van der Waals surface area (Å²) in [4.78, 5) is 0. The molecule has 2 aliphatic rings. The highest BCUT2D eigenvalue weighted by Gasteiger charge is 2.45. The summed E-state index contributed by atoms with van der Waals surface area (Å²) < 4.78 is 7.91. The first-order valence-corrected chi connectivity index (χ1v) is 7.52. The second-order valence-electron chi connectivity index (χ2n) is 5.10. The fourth-order valence-corrected chi connectivity index (χ4v) is 3.57. The molecule has 1 fully saturated rings. The summed E-state index contributed by atoms with van der Waals surface area (Å²) in [6, 6.07) is 5.27. The minimum absolute atomic E-state index is 0.0445. The third-order valence-corrected chi connectivity index (χ3v) is 5.25. The molecular formula is C14H11BrClNO3. The minimum Gasteiger partial charge on any atom is -0.494 e. The Labute approximate surface area is 128 Å². The third-order valence-electron chi connectivity index (χ3n) is 4.02. The third kappa shape index (κ3) is 1.51. The van der Waals surface area contributed by atoms with Crippen molar-refractivity contribution in [2.75, 3.05) is 0 Å². The van der Waals surface area contributed by atoms with E-state index in [9.17, 15) is 10.2 Å². The van der Waals surface area contributed by atoms with Gasteiger partial charge in [-0.2, -0.15) is 0 Å². The topological polar surface area (TPSA) is 54.6 Å². The molecule has 3 heterocycles. The fourth-order valence-electron chi connectivity index (χ4n) is 3.15. The second kappa shape index (κ2) is 4.16. The number of hydrogen-bond donors (Lipinski definition) is 2. The first-order chi connectivity index (χ1) is 9.58. The van der Waals surface area contributed by atoms with Crippen molar-refractivity contribution in [1.82, 2.24) is 4.57 Å². The maximum Gasteiger partial charge on any atom is 0.205 e. The van der Waals surface area contributed by atoms with Gasteiger partial charge in [-0.1, -0.05) is 11.6 Å². The van der Waals surface area contributed by atoms with Crippen molar-refractivity contribution in [3.63, 3.8) is 0 Å². The molecule has 0 saturated carbocycles. The van der Waals surface area contributed by atoms with E-state index in [0.29, 0.717) is 10.7 Å². The smallest absolute Gasteiger partial charge is 0.205 e. The van der Waals surface area contributed by atoms with E-state index in [2.05, 4.69) is 15.9 Å². The molecule has 0 radical (unpaired) electrons. The van der Waals surface area contributed by atoms with Crippen LogP contribution in [0.1, 0.15) is 36.2 Å². The van der Waals surface area contributed by atoms with Crippen LogP contribution in [0.25, 0.3) is 5.69 Å². The molecule has 104 valence electrons. The lowest BCUT2D eigenvalue weighted by atomic mass is 9.95. The molecule has 2 atom stereocenters. The molecule has 0 unspecified atom stereocenters. The van der Waals surface area contributed by atoms with Gasteiger partial charge in [-0.15, -0.1) is 0 Å². The predicted octanol–water partition coefficient (Wildman–Crippen LogP) is 4.21. The minimum atomic E-state index is -0.104. The highest BCUT2D eigenvalue weighted by molar-refractivity contribution is 9.10. The van der Waals surface area contributed by atoms with Crippen molar-refractivity contribution >= 4 is 27.5 Å². The lowest BCUT2D eigenvalue weighted by molar-refractivity contribution is 0.0683. The van der Waals surface area contributed by atoms with Gasteiger partial charge in [0.1, 0.15) is 0 Å². The summed E-state index contributed by atoms with van der Waals surface area (Å²) in [5.74, 6) is 0.0891. The van der Waals surface area contributed by atoms with Crippen LogP contribution in [-0.4, -0.2) is 14.8 Å². The van der Waals surface area contributed by atoms with Crippen LogP contribution in [0.2, 0.25) is 5.02 Å². The molecule has 20 heavy (non-hydrogen) atoms. The quantitative estimate of drug-likeness (QED) is 0.805.